The molecule has 1 aliphatic heterocycles. The highest BCUT2D eigenvalue weighted by molar-refractivity contribution is 5.93. The second-order valence-corrected chi connectivity index (χ2v) is 7.94. The van der Waals surface area contributed by atoms with Crippen molar-refractivity contribution in [2.24, 2.45) is 11.8 Å². The molecule has 7 heteroatoms. The molecule has 0 aliphatic carbocycles. The van der Waals surface area contributed by atoms with Gasteiger partial charge in [-0.15, -0.1) is 0 Å². The van der Waals surface area contributed by atoms with Crippen LogP contribution in [0.4, 0.5) is 10.1 Å². The highest BCUT2D eigenvalue weighted by Gasteiger charge is 2.35. The number of methoxy groups -OCH3 is 1. The number of carbonyl (C=O) groups excluding carboxylic acids is 2. The molecule has 1 fully saturated rings. The van der Waals surface area contributed by atoms with Gasteiger partial charge in [-0.25, -0.2) is 4.39 Å². The molecule has 0 saturated carbocycles. The van der Waals surface area contributed by atoms with E-state index in [1.165, 1.54) is 24.3 Å². The largest absolute Gasteiger partial charge is 0.385 e. The van der Waals surface area contributed by atoms with Crippen molar-refractivity contribution < 1.29 is 18.7 Å². The number of rotatable bonds is 9. The predicted molar refractivity (Wildman–Crippen MR) is 118 cm³/mol. The number of amides is 2. The Bertz CT molecular complexity index is 845. The molecular formula is C24H30FN3O3. The minimum Gasteiger partial charge on any atom is -0.385 e. The van der Waals surface area contributed by atoms with Crippen molar-refractivity contribution in [3.8, 4) is 0 Å². The first-order valence-electron chi connectivity index (χ1n) is 10.6. The second kappa shape index (κ2) is 11.6. The van der Waals surface area contributed by atoms with Crippen LogP contribution in [0.2, 0.25) is 0 Å². The zero-order chi connectivity index (χ0) is 22.1. The molecule has 2 aromatic carbocycles. The molecule has 0 spiro atoms. The quantitative estimate of drug-likeness (QED) is 0.604. The summed E-state index contributed by atoms with van der Waals surface area (Å²) in [4.78, 5) is 27.9. The lowest BCUT2D eigenvalue weighted by Crippen LogP contribution is -2.49. The Hall–Kier alpha value is -2.77. The molecule has 1 saturated heterocycles. The molecule has 1 heterocycles. The Morgan fingerprint density at radius 3 is 2.39 bits per heavy atom. The standard InChI is InChI=1S/C24H30FN3O3/c1-31-13-5-12-26-23(29)19-14-20(24(30)27-22-10-8-21(25)9-11-22)17-28(16-19)15-18-6-3-2-4-7-18/h2-4,6-11,19-20H,5,12-17H2,1H3,(H,26,29)(H,27,30)/t19-,20+/m0/s1. The summed E-state index contributed by atoms with van der Waals surface area (Å²) in [5.41, 5.74) is 1.69. The Kier molecular flexibility index (Phi) is 8.55. The van der Waals surface area contributed by atoms with Crippen molar-refractivity contribution in [2.75, 3.05) is 38.7 Å². The van der Waals surface area contributed by atoms with Gasteiger partial charge in [0.1, 0.15) is 5.82 Å². The van der Waals surface area contributed by atoms with Crippen molar-refractivity contribution in [2.45, 2.75) is 19.4 Å². The van der Waals surface area contributed by atoms with E-state index < -0.39 is 0 Å². The van der Waals surface area contributed by atoms with Gasteiger partial charge in [0.05, 0.1) is 11.8 Å². The smallest absolute Gasteiger partial charge is 0.228 e. The maximum atomic E-state index is 13.2. The van der Waals surface area contributed by atoms with Crippen LogP contribution in [-0.4, -0.2) is 50.1 Å². The topological polar surface area (TPSA) is 70.7 Å². The van der Waals surface area contributed by atoms with Gasteiger partial charge >= 0.3 is 0 Å². The summed E-state index contributed by atoms with van der Waals surface area (Å²) < 4.78 is 18.2. The van der Waals surface area contributed by atoms with Crippen LogP contribution in [0.25, 0.3) is 0 Å². The van der Waals surface area contributed by atoms with E-state index >= 15 is 0 Å². The average molecular weight is 428 g/mol. The SMILES string of the molecule is COCCCNC(=O)[C@H]1C[C@@H](C(=O)Nc2ccc(F)cc2)CN(Cc2ccccc2)C1. The van der Waals surface area contributed by atoms with Crippen LogP contribution < -0.4 is 10.6 Å². The van der Waals surface area contributed by atoms with Gasteiger partial charge in [0, 0.05) is 45.6 Å². The number of likely N-dealkylation sites (tertiary alicyclic amines) is 1. The van der Waals surface area contributed by atoms with Gasteiger partial charge in [0.15, 0.2) is 0 Å². The molecule has 0 bridgehead atoms. The summed E-state index contributed by atoms with van der Waals surface area (Å²) in [6, 6.07) is 15.7. The monoisotopic (exact) mass is 427 g/mol. The third-order valence-corrected chi connectivity index (χ3v) is 5.45. The number of piperidine rings is 1. The number of anilines is 1. The van der Waals surface area contributed by atoms with Gasteiger partial charge in [-0.1, -0.05) is 30.3 Å². The second-order valence-electron chi connectivity index (χ2n) is 7.94. The molecule has 0 aromatic heterocycles. The van der Waals surface area contributed by atoms with Crippen molar-refractivity contribution in [3.05, 3.63) is 66.0 Å². The summed E-state index contributed by atoms with van der Waals surface area (Å²) in [5.74, 6) is -1.15. The van der Waals surface area contributed by atoms with Crippen molar-refractivity contribution in [1.29, 1.82) is 0 Å². The summed E-state index contributed by atoms with van der Waals surface area (Å²) in [6.07, 6.45) is 1.23. The average Bonchev–Trinajstić information content (AvgIpc) is 2.78. The first-order valence-corrected chi connectivity index (χ1v) is 10.6. The number of carbonyl (C=O) groups is 2. The lowest BCUT2D eigenvalue weighted by Gasteiger charge is -2.36. The van der Waals surface area contributed by atoms with Gasteiger partial charge in [-0.2, -0.15) is 0 Å². The Morgan fingerprint density at radius 2 is 1.71 bits per heavy atom. The highest BCUT2D eigenvalue weighted by atomic mass is 19.1. The van der Waals surface area contributed by atoms with E-state index in [9.17, 15) is 14.0 Å². The van der Waals surface area contributed by atoms with E-state index in [0.29, 0.717) is 44.9 Å². The number of nitrogens with one attached hydrogen (secondary N) is 2. The fraction of sp³-hybridized carbons (Fsp3) is 0.417. The number of benzene rings is 2. The lowest BCUT2D eigenvalue weighted by molar-refractivity contribution is -0.130. The summed E-state index contributed by atoms with van der Waals surface area (Å²) in [6.45, 7) is 2.98. The fourth-order valence-corrected chi connectivity index (χ4v) is 3.89. The highest BCUT2D eigenvalue weighted by Crippen LogP contribution is 2.25. The molecule has 0 unspecified atom stereocenters. The zero-order valence-electron chi connectivity index (χ0n) is 17.9. The van der Waals surface area contributed by atoms with E-state index in [0.717, 1.165) is 12.0 Å². The van der Waals surface area contributed by atoms with E-state index in [2.05, 4.69) is 15.5 Å². The number of halogens is 1. The molecule has 2 atom stereocenters. The van der Waals surface area contributed by atoms with E-state index in [1.807, 2.05) is 30.3 Å². The van der Waals surface area contributed by atoms with Gasteiger partial charge in [-0.05, 0) is 42.7 Å². The molecule has 2 amide bonds. The van der Waals surface area contributed by atoms with Crippen LogP contribution in [0.3, 0.4) is 0 Å². The normalized spacial score (nSPS) is 19.0. The van der Waals surface area contributed by atoms with Crippen molar-refractivity contribution in [1.82, 2.24) is 10.2 Å². The van der Waals surface area contributed by atoms with Crippen LogP contribution in [-0.2, 0) is 20.9 Å². The first kappa shape index (κ1) is 22.9. The summed E-state index contributed by atoms with van der Waals surface area (Å²) in [5, 5.41) is 5.83. The lowest BCUT2D eigenvalue weighted by atomic mass is 9.87. The minimum absolute atomic E-state index is 0.0338. The van der Waals surface area contributed by atoms with E-state index in [1.54, 1.807) is 7.11 Å². The van der Waals surface area contributed by atoms with Crippen molar-refractivity contribution in [3.63, 3.8) is 0 Å². The Balaban J connectivity index is 1.66. The molecule has 6 nitrogen and oxygen atoms in total. The van der Waals surface area contributed by atoms with Crippen molar-refractivity contribution >= 4 is 17.5 Å². The first-order chi connectivity index (χ1) is 15.0. The van der Waals surface area contributed by atoms with Crippen LogP contribution in [0, 0.1) is 17.7 Å². The van der Waals surface area contributed by atoms with Gasteiger partial charge < -0.3 is 15.4 Å². The maximum absolute atomic E-state index is 13.2. The summed E-state index contributed by atoms with van der Waals surface area (Å²) in [7, 11) is 1.63. The van der Waals surface area contributed by atoms with Crippen LogP contribution in [0.5, 0.6) is 0 Å². The van der Waals surface area contributed by atoms with E-state index in [4.69, 9.17) is 4.74 Å². The van der Waals surface area contributed by atoms with Gasteiger partial charge in [-0.3, -0.25) is 14.5 Å². The Labute approximate surface area is 182 Å². The third-order valence-electron chi connectivity index (χ3n) is 5.45. The molecule has 2 N–H and O–H groups in total. The van der Waals surface area contributed by atoms with Crippen LogP contribution in [0.15, 0.2) is 54.6 Å². The molecular weight excluding hydrogens is 397 g/mol. The van der Waals surface area contributed by atoms with Gasteiger partial charge in [0.25, 0.3) is 0 Å². The fourth-order valence-electron chi connectivity index (χ4n) is 3.89. The predicted octanol–water partition coefficient (Wildman–Crippen LogP) is 3.06. The Morgan fingerprint density at radius 1 is 1.03 bits per heavy atom. The number of ether oxygens (including phenoxy) is 1. The molecule has 0 radical (unpaired) electrons. The van der Waals surface area contributed by atoms with Crippen LogP contribution in [0.1, 0.15) is 18.4 Å². The maximum Gasteiger partial charge on any atom is 0.228 e. The molecule has 1 aliphatic rings. The number of hydrogen-bond donors (Lipinski definition) is 2. The molecule has 166 valence electrons. The van der Waals surface area contributed by atoms with E-state index in [-0.39, 0.29) is 29.5 Å². The zero-order valence-corrected chi connectivity index (χ0v) is 17.9. The summed E-state index contributed by atoms with van der Waals surface area (Å²) >= 11 is 0. The van der Waals surface area contributed by atoms with Crippen LogP contribution >= 0.6 is 0 Å². The minimum atomic E-state index is -0.352. The number of nitrogens with zero attached hydrogens (tertiary/aromatic N) is 1. The van der Waals surface area contributed by atoms with Gasteiger partial charge in [0.2, 0.25) is 11.8 Å². The third kappa shape index (κ3) is 7.15. The molecule has 3 rings (SSSR count). The number of hydrogen-bond acceptors (Lipinski definition) is 4. The molecule has 31 heavy (non-hydrogen) atoms. The molecule has 2 aromatic rings.